The van der Waals surface area contributed by atoms with Gasteiger partial charge in [-0.05, 0) is 83.9 Å². The summed E-state index contributed by atoms with van der Waals surface area (Å²) in [6.45, 7) is -0.299. The summed E-state index contributed by atoms with van der Waals surface area (Å²) in [5, 5.41) is 47.4. The van der Waals surface area contributed by atoms with Gasteiger partial charge >= 0.3 is 0 Å². The Morgan fingerprint density at radius 1 is 0.873 bits per heavy atom. The molecule has 5 aromatic rings. The first-order valence-corrected chi connectivity index (χ1v) is 19.7. The highest BCUT2D eigenvalue weighted by Gasteiger charge is 2.25. The Labute approximate surface area is 327 Å². The standard InChI is InChI=1S/C28H21Cl2N7O14S4/c29-26-33-27(30)35-28(34-26)32-20-9-8-18-19(24(20)55(44,45)46)13-21(52-50-48-40)22(23(18)38)37-36-15-6-4-14(5-7-15)25(39)31-16-2-1-3-17(12-16)54(42,43)11-10-47-53-51-49-41/h1-9,12-13,38,40-41H,10-11H2,(H,31,39)(H,44,45,46)(H,32,33,34,35). The van der Waals surface area contributed by atoms with Crippen LogP contribution in [0.15, 0.2) is 91.6 Å². The van der Waals surface area contributed by atoms with Crippen molar-refractivity contribution in [3.63, 3.8) is 0 Å². The molecule has 290 valence electrons. The van der Waals surface area contributed by atoms with Gasteiger partial charge in [0.2, 0.25) is 16.5 Å². The maximum atomic E-state index is 13.0. The summed E-state index contributed by atoms with van der Waals surface area (Å²) in [6, 6.07) is 14.7. The van der Waals surface area contributed by atoms with E-state index in [1.54, 1.807) is 0 Å². The number of aromatic hydroxyl groups is 1. The number of hydrogen-bond acceptors (Lipinski definition) is 21. The first-order valence-electron chi connectivity index (χ1n) is 14.4. The zero-order valence-electron chi connectivity index (χ0n) is 26.8. The normalized spacial score (nSPS) is 12.0. The van der Waals surface area contributed by atoms with E-state index < -0.39 is 42.3 Å². The zero-order valence-corrected chi connectivity index (χ0v) is 31.5. The minimum Gasteiger partial charge on any atom is -0.505 e. The van der Waals surface area contributed by atoms with E-state index in [4.69, 9.17) is 37.9 Å². The smallest absolute Gasteiger partial charge is 0.297 e. The van der Waals surface area contributed by atoms with Crippen molar-refractivity contribution < 1.29 is 64.7 Å². The first kappa shape index (κ1) is 41.8. The van der Waals surface area contributed by atoms with E-state index >= 15 is 0 Å². The van der Waals surface area contributed by atoms with Gasteiger partial charge < -0.3 is 15.7 Å². The molecule has 0 aliphatic heterocycles. The summed E-state index contributed by atoms with van der Waals surface area (Å²) in [5.41, 5.74) is -0.0637. The fraction of sp³-hybridized carbons (Fsp3) is 0.0714. The number of hydrogen-bond donors (Lipinski definition) is 6. The number of nitrogens with zero attached hydrogens (tertiary/aromatic N) is 5. The Kier molecular flexibility index (Phi) is 14.1. The molecule has 4 aromatic carbocycles. The Morgan fingerprint density at radius 2 is 1.58 bits per heavy atom. The number of benzene rings is 4. The molecule has 1 heterocycles. The number of nitrogens with one attached hydrogen (secondary N) is 2. The van der Waals surface area contributed by atoms with E-state index in [1.807, 2.05) is 0 Å². The Bertz CT molecular complexity index is 2450. The number of carbonyl (C=O) groups excluding carboxylic acids is 1. The molecule has 0 spiro atoms. The second-order valence-corrected chi connectivity index (χ2v) is 15.6. The van der Waals surface area contributed by atoms with Crippen LogP contribution in [0.1, 0.15) is 10.4 Å². The van der Waals surface area contributed by atoms with Crippen LogP contribution in [0.2, 0.25) is 10.6 Å². The highest BCUT2D eigenvalue weighted by atomic mass is 35.5. The van der Waals surface area contributed by atoms with Gasteiger partial charge in [0.05, 0.1) is 45.6 Å². The molecule has 0 bridgehead atoms. The Morgan fingerprint density at radius 3 is 2.25 bits per heavy atom. The van der Waals surface area contributed by atoms with E-state index in [2.05, 4.69) is 54.6 Å². The molecule has 6 N–H and O–H groups in total. The van der Waals surface area contributed by atoms with Gasteiger partial charge in [-0.3, -0.25) is 13.5 Å². The zero-order chi connectivity index (χ0) is 39.8. The van der Waals surface area contributed by atoms with Crippen LogP contribution in [0.25, 0.3) is 10.8 Å². The largest absolute Gasteiger partial charge is 0.505 e. The van der Waals surface area contributed by atoms with E-state index in [-0.39, 0.29) is 84.3 Å². The molecule has 21 nitrogen and oxygen atoms in total. The van der Waals surface area contributed by atoms with Crippen molar-refractivity contribution in [1.29, 1.82) is 0 Å². The second-order valence-electron chi connectivity index (χ2n) is 10.2. The van der Waals surface area contributed by atoms with Gasteiger partial charge in [-0.15, -0.1) is 13.8 Å². The Hall–Kier alpha value is -4.32. The lowest BCUT2D eigenvalue weighted by molar-refractivity contribution is -0.434. The van der Waals surface area contributed by atoms with Gasteiger partial charge in [0.15, 0.2) is 27.9 Å². The van der Waals surface area contributed by atoms with E-state index in [1.165, 1.54) is 60.7 Å². The fourth-order valence-corrected chi connectivity index (χ4v) is 7.71. The number of halogens is 2. The van der Waals surface area contributed by atoms with E-state index in [0.29, 0.717) is 12.0 Å². The van der Waals surface area contributed by atoms with Crippen molar-refractivity contribution in [3.8, 4) is 5.75 Å². The number of phenols is 1. The molecule has 1 amide bonds. The predicted molar refractivity (Wildman–Crippen MR) is 195 cm³/mol. The average molecular weight is 879 g/mol. The van der Waals surface area contributed by atoms with Crippen molar-refractivity contribution in [1.82, 2.24) is 15.0 Å². The number of rotatable bonds is 17. The maximum absolute atomic E-state index is 13.0. The molecule has 1 aromatic heterocycles. The van der Waals surface area contributed by atoms with Crippen LogP contribution in [0.4, 0.5) is 28.7 Å². The SMILES string of the molecule is O=C(Nc1cccc(S(=O)(=O)CCOSOOO)c1)c1ccc(N=Nc2c(SOOO)cc3c(S(=O)(=O)O)c(Nc4nc(Cl)nc(Cl)n4)ccc3c2O)cc1. The van der Waals surface area contributed by atoms with E-state index in [0.717, 1.165) is 6.07 Å². The summed E-state index contributed by atoms with van der Waals surface area (Å²) in [5.74, 6) is -1.96. The van der Waals surface area contributed by atoms with Crippen LogP contribution >= 0.6 is 47.6 Å². The first-order chi connectivity index (χ1) is 26.2. The summed E-state index contributed by atoms with van der Waals surface area (Å²) in [6.07, 6.45) is 0. The molecular formula is C28H21Cl2N7O14S4. The van der Waals surface area contributed by atoms with Crippen molar-refractivity contribution in [3.05, 3.63) is 82.9 Å². The third-order valence-electron chi connectivity index (χ3n) is 6.81. The van der Waals surface area contributed by atoms with Crippen LogP contribution in [0, 0.1) is 0 Å². The predicted octanol–water partition coefficient (Wildman–Crippen LogP) is 6.90. The number of sulfone groups is 1. The third kappa shape index (κ3) is 10.9. The third-order valence-corrected chi connectivity index (χ3v) is 10.8. The highest BCUT2D eigenvalue weighted by Crippen LogP contribution is 2.47. The van der Waals surface area contributed by atoms with Crippen LogP contribution in [0.5, 0.6) is 5.75 Å². The van der Waals surface area contributed by atoms with Gasteiger partial charge in [-0.25, -0.2) is 18.9 Å². The number of carbonyl (C=O) groups is 1. The summed E-state index contributed by atoms with van der Waals surface area (Å²) in [4.78, 5) is 23.2. The lowest BCUT2D eigenvalue weighted by atomic mass is 10.1. The molecule has 0 unspecified atom stereocenters. The average Bonchev–Trinajstić information content (AvgIpc) is 3.13. The summed E-state index contributed by atoms with van der Waals surface area (Å²) < 4.78 is 74.1. The fourth-order valence-electron chi connectivity index (χ4n) is 4.57. The number of anilines is 3. The number of phenolic OH excluding ortho intramolecular Hbond substituents is 1. The van der Waals surface area contributed by atoms with Gasteiger partial charge in [-0.1, -0.05) is 16.1 Å². The Balaban J connectivity index is 1.39. The van der Waals surface area contributed by atoms with Crippen LogP contribution in [0.3, 0.4) is 0 Å². The molecular weight excluding hydrogens is 858 g/mol. The van der Waals surface area contributed by atoms with Crippen molar-refractivity contribution in [2.75, 3.05) is 23.0 Å². The summed E-state index contributed by atoms with van der Waals surface area (Å²) >= 11 is 12.1. The molecule has 55 heavy (non-hydrogen) atoms. The van der Waals surface area contributed by atoms with Gasteiger partial charge in [-0.2, -0.15) is 28.5 Å². The topological polar surface area (TPSA) is 300 Å². The van der Waals surface area contributed by atoms with Crippen molar-refractivity contribution in [2.45, 2.75) is 14.7 Å². The molecule has 5 rings (SSSR count). The minimum atomic E-state index is -5.04. The maximum Gasteiger partial charge on any atom is 0.297 e. The van der Waals surface area contributed by atoms with Crippen LogP contribution in [-0.4, -0.2) is 70.2 Å². The molecule has 0 aliphatic carbocycles. The van der Waals surface area contributed by atoms with Gasteiger partial charge in [0, 0.05) is 22.0 Å². The molecule has 27 heteroatoms. The molecule has 0 fully saturated rings. The van der Waals surface area contributed by atoms with Crippen molar-refractivity contribution in [2.24, 2.45) is 10.2 Å². The number of azo groups is 1. The lowest BCUT2D eigenvalue weighted by Crippen LogP contribution is -2.14. The number of aromatic nitrogens is 3. The highest BCUT2D eigenvalue weighted by molar-refractivity contribution is 7.94. The van der Waals surface area contributed by atoms with Crippen LogP contribution < -0.4 is 10.6 Å². The monoisotopic (exact) mass is 877 g/mol. The van der Waals surface area contributed by atoms with Crippen molar-refractivity contribution >= 4 is 113 Å². The molecule has 0 atom stereocenters. The number of fused-ring (bicyclic) bond motifs is 1. The summed E-state index contributed by atoms with van der Waals surface area (Å²) in [7, 11) is -8.87. The molecule has 0 saturated heterocycles. The van der Waals surface area contributed by atoms with Gasteiger partial charge in [0.25, 0.3) is 16.0 Å². The van der Waals surface area contributed by atoms with Crippen LogP contribution in [-0.2, 0) is 42.9 Å². The number of amides is 1. The molecule has 0 aliphatic rings. The molecule has 0 saturated carbocycles. The lowest BCUT2D eigenvalue weighted by Gasteiger charge is -2.15. The van der Waals surface area contributed by atoms with E-state index in [9.17, 15) is 31.3 Å². The minimum absolute atomic E-state index is 0.0963. The molecule has 0 radical (unpaired) electrons. The second kappa shape index (κ2) is 18.5. The quantitative estimate of drug-likeness (QED) is 0.0138. The van der Waals surface area contributed by atoms with Gasteiger partial charge in [0.1, 0.15) is 10.6 Å².